The van der Waals surface area contributed by atoms with Gasteiger partial charge in [-0.05, 0) is 13.3 Å². The quantitative estimate of drug-likeness (QED) is 0.926. The molecule has 2 aromatic heterocycles. The molecule has 1 unspecified atom stereocenters. The van der Waals surface area contributed by atoms with Gasteiger partial charge in [0, 0.05) is 17.4 Å². The molecule has 1 amide bonds. The van der Waals surface area contributed by atoms with Crippen LogP contribution in [0.25, 0.3) is 0 Å². The maximum Gasteiger partial charge on any atom is 0.417 e. The van der Waals surface area contributed by atoms with Crippen molar-refractivity contribution in [2.45, 2.75) is 25.6 Å². The Morgan fingerprint density at radius 1 is 1.48 bits per heavy atom. The molecule has 0 saturated carbocycles. The van der Waals surface area contributed by atoms with Gasteiger partial charge in [0.25, 0.3) is 5.91 Å². The summed E-state index contributed by atoms with van der Waals surface area (Å²) in [5.41, 5.74) is -0.202. The third-order valence-electron chi connectivity index (χ3n) is 3.76. The van der Waals surface area contributed by atoms with Crippen LogP contribution in [-0.4, -0.2) is 28.9 Å². The number of hydrogen-bond donors (Lipinski definition) is 1. The Morgan fingerprint density at radius 2 is 2.26 bits per heavy atom. The van der Waals surface area contributed by atoms with Gasteiger partial charge in [-0.15, -0.1) is 0 Å². The van der Waals surface area contributed by atoms with Crippen LogP contribution < -0.4 is 5.32 Å². The predicted octanol–water partition coefficient (Wildman–Crippen LogP) is 3.49. The number of ether oxygens (including phenoxy) is 1. The van der Waals surface area contributed by atoms with Crippen LogP contribution >= 0.6 is 11.3 Å². The molecule has 0 aromatic carbocycles. The van der Waals surface area contributed by atoms with E-state index in [1.54, 1.807) is 11.6 Å². The van der Waals surface area contributed by atoms with Crippen LogP contribution in [-0.2, 0) is 10.9 Å². The number of alkyl halides is 3. The van der Waals surface area contributed by atoms with Gasteiger partial charge in [0.2, 0.25) is 0 Å². The molecule has 1 N–H and O–H groups in total. The minimum atomic E-state index is -4.55. The zero-order valence-electron chi connectivity index (χ0n) is 12.2. The van der Waals surface area contributed by atoms with Gasteiger partial charge in [0.15, 0.2) is 0 Å². The topological polar surface area (TPSA) is 56.2 Å². The van der Waals surface area contributed by atoms with Crippen molar-refractivity contribution in [2.75, 3.05) is 18.5 Å². The molecule has 0 bridgehead atoms. The first-order valence-electron chi connectivity index (χ1n) is 6.94. The van der Waals surface area contributed by atoms with E-state index in [-0.39, 0.29) is 11.6 Å². The van der Waals surface area contributed by atoms with Crippen LogP contribution in [0.5, 0.6) is 0 Å². The number of carbonyl (C=O) groups excluding carboxylic acids is 1. The number of aromatic nitrogens is 2. The van der Waals surface area contributed by atoms with Crippen molar-refractivity contribution < 1.29 is 22.7 Å². The first-order chi connectivity index (χ1) is 10.9. The fourth-order valence-corrected chi connectivity index (χ4v) is 3.35. The molecule has 0 spiro atoms. The smallest absolute Gasteiger partial charge is 0.379 e. The number of amides is 1. The van der Waals surface area contributed by atoms with Crippen molar-refractivity contribution >= 4 is 22.9 Å². The molecule has 1 saturated heterocycles. The molecular formula is C14H14F3N3O2S. The lowest BCUT2D eigenvalue weighted by Gasteiger charge is -2.12. The minimum Gasteiger partial charge on any atom is -0.379 e. The molecule has 2 aromatic rings. The van der Waals surface area contributed by atoms with E-state index in [1.807, 2.05) is 0 Å². The number of nitrogens with one attached hydrogen (secondary N) is 1. The summed E-state index contributed by atoms with van der Waals surface area (Å²) in [5.74, 6) is -0.788. The Labute approximate surface area is 134 Å². The summed E-state index contributed by atoms with van der Waals surface area (Å²) in [7, 11) is 0. The van der Waals surface area contributed by atoms with Gasteiger partial charge in [-0.2, -0.15) is 29.6 Å². The SMILES string of the molecule is Cc1c(NC(=O)c2cscc2C(F)(F)F)cnn1C1CCOC1. The molecule has 3 heterocycles. The van der Waals surface area contributed by atoms with Gasteiger partial charge >= 0.3 is 6.18 Å². The highest BCUT2D eigenvalue weighted by atomic mass is 32.1. The largest absolute Gasteiger partial charge is 0.417 e. The first kappa shape index (κ1) is 16.0. The van der Waals surface area contributed by atoms with Gasteiger partial charge in [0.1, 0.15) is 0 Å². The van der Waals surface area contributed by atoms with Gasteiger partial charge in [-0.3, -0.25) is 9.48 Å². The number of hydrogen-bond acceptors (Lipinski definition) is 4. The van der Waals surface area contributed by atoms with Gasteiger partial charge in [-0.25, -0.2) is 0 Å². The van der Waals surface area contributed by atoms with Gasteiger partial charge in [0.05, 0.1) is 41.4 Å². The molecule has 1 fully saturated rings. The Morgan fingerprint density at radius 3 is 2.91 bits per heavy atom. The van der Waals surface area contributed by atoms with Crippen LogP contribution in [0.1, 0.15) is 34.1 Å². The third-order valence-corrected chi connectivity index (χ3v) is 4.50. The van der Waals surface area contributed by atoms with Gasteiger partial charge < -0.3 is 10.1 Å². The number of nitrogens with zero attached hydrogens (tertiary/aromatic N) is 2. The van der Waals surface area contributed by atoms with Crippen molar-refractivity contribution in [2.24, 2.45) is 0 Å². The highest BCUT2D eigenvalue weighted by Crippen LogP contribution is 2.34. The average Bonchev–Trinajstić information content (AvgIpc) is 3.18. The summed E-state index contributed by atoms with van der Waals surface area (Å²) in [6.07, 6.45) is -2.28. The summed E-state index contributed by atoms with van der Waals surface area (Å²) in [4.78, 5) is 12.2. The molecule has 1 aliphatic rings. The van der Waals surface area contributed by atoms with E-state index in [0.717, 1.165) is 23.1 Å². The second-order valence-corrected chi connectivity index (χ2v) is 6.00. The molecule has 1 atom stereocenters. The fraction of sp³-hybridized carbons (Fsp3) is 0.429. The van der Waals surface area contributed by atoms with E-state index in [1.165, 1.54) is 11.6 Å². The second kappa shape index (κ2) is 5.97. The summed E-state index contributed by atoms with van der Waals surface area (Å²) in [6.45, 7) is 2.95. The summed E-state index contributed by atoms with van der Waals surface area (Å²) in [6, 6.07) is 0.0903. The Balaban J connectivity index is 1.80. The molecule has 3 rings (SSSR count). The van der Waals surface area contributed by atoms with Crippen molar-refractivity contribution in [1.29, 1.82) is 0 Å². The van der Waals surface area contributed by atoms with Crippen LogP contribution in [0, 0.1) is 6.92 Å². The van der Waals surface area contributed by atoms with Crippen LogP contribution in [0.4, 0.5) is 18.9 Å². The lowest BCUT2D eigenvalue weighted by molar-refractivity contribution is -0.137. The van der Waals surface area contributed by atoms with E-state index in [9.17, 15) is 18.0 Å². The minimum absolute atomic E-state index is 0.0903. The van der Waals surface area contributed by atoms with Crippen LogP contribution in [0.3, 0.4) is 0 Å². The van der Waals surface area contributed by atoms with E-state index >= 15 is 0 Å². The normalized spacial score (nSPS) is 18.3. The van der Waals surface area contributed by atoms with E-state index in [4.69, 9.17) is 4.74 Å². The predicted molar refractivity (Wildman–Crippen MR) is 78.7 cm³/mol. The average molecular weight is 345 g/mol. The fourth-order valence-electron chi connectivity index (χ4n) is 2.51. The van der Waals surface area contributed by atoms with Crippen molar-refractivity contribution in [3.8, 4) is 0 Å². The number of anilines is 1. The Kier molecular flexibility index (Phi) is 4.15. The van der Waals surface area contributed by atoms with Gasteiger partial charge in [-0.1, -0.05) is 0 Å². The van der Waals surface area contributed by atoms with Crippen LogP contribution in [0.2, 0.25) is 0 Å². The zero-order chi connectivity index (χ0) is 16.6. The lowest BCUT2D eigenvalue weighted by Crippen LogP contribution is -2.17. The zero-order valence-corrected chi connectivity index (χ0v) is 13.0. The summed E-state index contributed by atoms with van der Waals surface area (Å²) < 4.78 is 45.6. The van der Waals surface area contributed by atoms with E-state index in [0.29, 0.717) is 24.6 Å². The first-order valence-corrected chi connectivity index (χ1v) is 7.89. The van der Waals surface area contributed by atoms with Crippen LogP contribution in [0.15, 0.2) is 17.0 Å². The molecular weight excluding hydrogens is 331 g/mol. The highest BCUT2D eigenvalue weighted by molar-refractivity contribution is 7.08. The second-order valence-electron chi connectivity index (χ2n) is 5.26. The molecule has 1 aliphatic heterocycles. The third kappa shape index (κ3) is 3.11. The number of halogens is 3. The Hall–Kier alpha value is -1.87. The molecule has 0 radical (unpaired) electrons. The molecule has 124 valence electrons. The number of thiophene rings is 1. The van der Waals surface area contributed by atoms with Crippen molar-refractivity contribution in [3.63, 3.8) is 0 Å². The molecule has 0 aliphatic carbocycles. The Bertz CT molecular complexity index is 717. The molecule has 5 nitrogen and oxygen atoms in total. The summed E-state index contributed by atoms with van der Waals surface area (Å²) >= 11 is 0.844. The van der Waals surface area contributed by atoms with Crippen molar-refractivity contribution in [1.82, 2.24) is 9.78 Å². The van der Waals surface area contributed by atoms with E-state index < -0.39 is 17.6 Å². The monoisotopic (exact) mass is 345 g/mol. The number of carbonyl (C=O) groups is 1. The maximum absolute atomic E-state index is 12.9. The molecule has 23 heavy (non-hydrogen) atoms. The molecule has 9 heteroatoms. The lowest BCUT2D eigenvalue weighted by atomic mass is 10.2. The highest BCUT2D eigenvalue weighted by Gasteiger charge is 2.36. The number of rotatable bonds is 3. The van der Waals surface area contributed by atoms with Crippen molar-refractivity contribution in [3.05, 3.63) is 33.8 Å². The van der Waals surface area contributed by atoms with E-state index in [2.05, 4.69) is 10.4 Å². The maximum atomic E-state index is 12.9. The summed E-state index contributed by atoms with van der Waals surface area (Å²) in [5, 5.41) is 8.85. The standard InChI is InChI=1S/C14H14F3N3O2S/c1-8-12(4-18-20(8)9-2-3-22-5-9)19-13(21)10-6-23-7-11(10)14(15,16)17/h4,6-7,9H,2-3,5H2,1H3,(H,19,21).